The third kappa shape index (κ3) is 3.25. The maximum atomic E-state index is 10.2. The molecule has 0 aliphatic heterocycles. The zero-order chi connectivity index (χ0) is 6.62. The van der Waals surface area contributed by atoms with Crippen LogP contribution in [0.5, 0.6) is 0 Å². The highest BCUT2D eigenvalue weighted by atomic mass is 32.3. The second-order valence-electron chi connectivity index (χ2n) is 1.13. The molecule has 50 valence electrons. The predicted molar refractivity (Wildman–Crippen MR) is 32.9 cm³/mol. The molecule has 0 fully saturated rings. The van der Waals surface area contributed by atoms with Gasteiger partial charge in [-0.3, -0.25) is 0 Å². The zero-order valence-corrected chi connectivity index (χ0v) is 5.78. The summed E-state index contributed by atoms with van der Waals surface area (Å²) in [4.78, 5) is 0. The van der Waals surface area contributed by atoms with Crippen molar-refractivity contribution in [2.24, 2.45) is 5.73 Å². The number of hydrogen-bond donors (Lipinski definition) is 2. The summed E-state index contributed by atoms with van der Waals surface area (Å²) >= 11 is 3.09. The molecule has 0 aliphatic rings. The van der Waals surface area contributed by atoms with Crippen molar-refractivity contribution in [3.05, 3.63) is 0 Å². The fraction of sp³-hybridized carbons (Fsp3) is 1.00. The Morgan fingerprint density at radius 1 is 1.62 bits per heavy atom. The molecule has 0 heterocycles. The third-order valence-electron chi connectivity index (χ3n) is 0.481. The van der Waals surface area contributed by atoms with Crippen LogP contribution in [-0.4, -0.2) is 20.7 Å². The van der Waals surface area contributed by atoms with E-state index < -0.39 is 10.1 Å². The van der Waals surface area contributed by atoms with Gasteiger partial charge >= 0.3 is 0 Å². The summed E-state index contributed by atoms with van der Waals surface area (Å²) in [5.41, 5.74) is 4.90. The molecule has 0 spiro atoms. The van der Waals surface area contributed by atoms with Crippen LogP contribution in [0.25, 0.3) is 0 Å². The number of thiol groups is 1. The topological polar surface area (TPSA) is 69.4 Å². The van der Waals surface area contributed by atoms with Gasteiger partial charge in [0.25, 0.3) is 10.1 Å². The van der Waals surface area contributed by atoms with E-state index in [1.54, 1.807) is 0 Å². The summed E-state index contributed by atoms with van der Waals surface area (Å²) in [6.45, 7) is 0.0584. The van der Waals surface area contributed by atoms with Crippen LogP contribution in [0.1, 0.15) is 0 Å². The van der Waals surface area contributed by atoms with E-state index in [0.717, 1.165) is 0 Å². The Hall–Kier alpha value is 0.220. The molecule has 0 rings (SSSR count). The van der Waals surface area contributed by atoms with Crippen LogP contribution >= 0.6 is 12.9 Å². The largest absolute Gasteiger partial charge is 0.329 e. The van der Waals surface area contributed by atoms with Crippen molar-refractivity contribution in [3.8, 4) is 0 Å². The van der Waals surface area contributed by atoms with Gasteiger partial charge in [-0.15, -0.1) is 0 Å². The molecular weight excluding hydrogens is 150 g/mol. The number of hydrogen-bond acceptors (Lipinski definition) is 5. The molecule has 2 N–H and O–H groups in total. The Kier molecular flexibility index (Phi) is 3.38. The van der Waals surface area contributed by atoms with Crippen LogP contribution in [0.2, 0.25) is 0 Å². The summed E-state index contributed by atoms with van der Waals surface area (Å²) in [6, 6.07) is 0. The molecule has 6 heteroatoms. The lowest BCUT2D eigenvalue weighted by Crippen LogP contribution is -2.14. The fourth-order valence-electron chi connectivity index (χ4n) is 0.182. The van der Waals surface area contributed by atoms with E-state index in [1.165, 1.54) is 0 Å². The van der Waals surface area contributed by atoms with E-state index in [9.17, 15) is 8.42 Å². The summed E-state index contributed by atoms with van der Waals surface area (Å²) in [7, 11) is -3.43. The Bertz CT molecular complexity index is 139. The predicted octanol–water partition coefficient (Wildman–Crippen LogP) is -0.864. The highest BCUT2D eigenvalue weighted by molar-refractivity contribution is 7.95. The first-order valence-corrected chi connectivity index (χ1v) is 3.82. The standard InChI is InChI=1S/C2H7NO3S2/c3-1-2-8(4,5)6-7/h7H,1-3H2. The van der Waals surface area contributed by atoms with Crippen LogP contribution in [0, 0.1) is 0 Å². The Morgan fingerprint density at radius 3 is 2.25 bits per heavy atom. The summed E-state index contributed by atoms with van der Waals surface area (Å²) in [5, 5.41) is 0. The molecule has 8 heavy (non-hydrogen) atoms. The molecule has 0 radical (unpaired) electrons. The fourth-order valence-corrected chi connectivity index (χ4v) is 0.768. The summed E-state index contributed by atoms with van der Waals surface area (Å²) < 4.78 is 24.2. The van der Waals surface area contributed by atoms with E-state index in [4.69, 9.17) is 5.73 Å². The molecule has 0 amide bonds. The van der Waals surface area contributed by atoms with Crippen LogP contribution in [0.3, 0.4) is 0 Å². The molecule has 0 bridgehead atoms. The first kappa shape index (κ1) is 8.22. The van der Waals surface area contributed by atoms with Gasteiger partial charge in [0.1, 0.15) is 0 Å². The van der Waals surface area contributed by atoms with Gasteiger partial charge < -0.3 is 5.73 Å². The van der Waals surface area contributed by atoms with Crippen molar-refractivity contribution in [2.75, 3.05) is 12.3 Å². The first-order valence-electron chi connectivity index (χ1n) is 1.88. The lowest BCUT2D eigenvalue weighted by molar-refractivity contribution is 0.521. The van der Waals surface area contributed by atoms with Crippen molar-refractivity contribution in [3.63, 3.8) is 0 Å². The van der Waals surface area contributed by atoms with E-state index in [1.807, 2.05) is 0 Å². The lowest BCUT2D eigenvalue weighted by atomic mass is 10.8. The minimum Gasteiger partial charge on any atom is -0.329 e. The molecule has 4 nitrogen and oxygen atoms in total. The molecule has 0 unspecified atom stereocenters. The van der Waals surface area contributed by atoms with E-state index in [0.29, 0.717) is 0 Å². The molecular formula is C2H7NO3S2. The minimum atomic E-state index is -3.43. The van der Waals surface area contributed by atoms with Gasteiger partial charge in [0, 0.05) is 6.54 Å². The van der Waals surface area contributed by atoms with Gasteiger partial charge in [0.05, 0.1) is 5.75 Å². The number of nitrogens with two attached hydrogens (primary N) is 1. The minimum absolute atomic E-state index is 0.0584. The SMILES string of the molecule is NCCS(=O)(=O)OS. The third-order valence-corrected chi connectivity index (χ3v) is 2.13. The highest BCUT2D eigenvalue weighted by Gasteiger charge is 2.05. The van der Waals surface area contributed by atoms with E-state index in [-0.39, 0.29) is 12.3 Å². The van der Waals surface area contributed by atoms with Gasteiger partial charge in [-0.05, 0) is 12.9 Å². The summed E-state index contributed by atoms with van der Waals surface area (Å²) in [6.07, 6.45) is 0. The normalized spacial score (nSPS) is 11.8. The van der Waals surface area contributed by atoms with Crippen molar-refractivity contribution in [1.82, 2.24) is 0 Å². The van der Waals surface area contributed by atoms with Gasteiger partial charge in [-0.25, -0.2) is 3.63 Å². The maximum absolute atomic E-state index is 10.2. The van der Waals surface area contributed by atoms with Gasteiger partial charge in [-0.2, -0.15) is 8.42 Å². The first-order chi connectivity index (χ1) is 3.62. The Labute approximate surface area is 53.8 Å². The zero-order valence-electron chi connectivity index (χ0n) is 4.07. The molecule has 0 atom stereocenters. The highest BCUT2D eigenvalue weighted by Crippen LogP contribution is 1.92. The molecule has 0 aromatic heterocycles. The van der Waals surface area contributed by atoms with Gasteiger partial charge in [0.2, 0.25) is 0 Å². The quantitative estimate of drug-likeness (QED) is 0.413. The van der Waals surface area contributed by atoms with Crippen molar-refractivity contribution >= 4 is 23.0 Å². The van der Waals surface area contributed by atoms with E-state index in [2.05, 4.69) is 16.5 Å². The van der Waals surface area contributed by atoms with Gasteiger partial charge in [0.15, 0.2) is 0 Å². The molecule has 0 aromatic carbocycles. The Balaban J connectivity index is 3.76. The molecule has 0 aromatic rings. The van der Waals surface area contributed by atoms with Crippen molar-refractivity contribution in [1.29, 1.82) is 0 Å². The van der Waals surface area contributed by atoms with Crippen LogP contribution in [0.15, 0.2) is 0 Å². The number of rotatable bonds is 3. The van der Waals surface area contributed by atoms with Crippen LogP contribution in [-0.2, 0) is 13.7 Å². The van der Waals surface area contributed by atoms with Crippen molar-refractivity contribution in [2.45, 2.75) is 0 Å². The van der Waals surface area contributed by atoms with Crippen LogP contribution < -0.4 is 5.73 Å². The second kappa shape index (κ2) is 3.29. The molecule has 0 saturated carbocycles. The lowest BCUT2D eigenvalue weighted by Gasteiger charge is -1.93. The molecule has 0 saturated heterocycles. The average Bonchev–Trinajstić information content (AvgIpc) is 1.67. The van der Waals surface area contributed by atoms with Gasteiger partial charge in [-0.1, -0.05) is 0 Å². The smallest absolute Gasteiger partial charge is 0.279 e. The maximum Gasteiger partial charge on any atom is 0.279 e. The molecule has 0 aliphatic carbocycles. The average molecular weight is 157 g/mol. The monoisotopic (exact) mass is 157 g/mol. The van der Waals surface area contributed by atoms with Crippen molar-refractivity contribution < 1.29 is 12.0 Å². The van der Waals surface area contributed by atoms with E-state index >= 15 is 0 Å². The summed E-state index contributed by atoms with van der Waals surface area (Å²) in [5.74, 6) is -0.184. The second-order valence-corrected chi connectivity index (χ2v) is 3.24. The van der Waals surface area contributed by atoms with Crippen LogP contribution in [0.4, 0.5) is 0 Å². The Morgan fingerprint density at radius 2 is 2.12 bits per heavy atom.